The van der Waals surface area contributed by atoms with Crippen molar-refractivity contribution in [1.82, 2.24) is 0 Å². The van der Waals surface area contributed by atoms with Crippen LogP contribution in [0, 0.1) is 5.92 Å². The van der Waals surface area contributed by atoms with E-state index in [2.05, 4.69) is 21.2 Å². The first kappa shape index (κ1) is 11.0. The Kier molecular flexibility index (Phi) is 2.77. The topological polar surface area (TPSA) is 46.2 Å². The maximum Gasteiger partial charge on any atom is 0.180 e. The fourth-order valence-electron chi connectivity index (χ4n) is 1.72. The summed E-state index contributed by atoms with van der Waals surface area (Å²) < 4.78 is 24.8. The van der Waals surface area contributed by atoms with Gasteiger partial charge in [0.25, 0.3) is 0 Å². The summed E-state index contributed by atoms with van der Waals surface area (Å²) in [7, 11) is -3.13. The highest BCUT2D eigenvalue weighted by molar-refractivity contribution is 9.10. The van der Waals surface area contributed by atoms with Crippen molar-refractivity contribution in [2.75, 3.05) is 17.6 Å². The van der Waals surface area contributed by atoms with Gasteiger partial charge in [0, 0.05) is 11.0 Å². The van der Waals surface area contributed by atoms with Crippen LogP contribution >= 0.6 is 15.9 Å². The van der Waals surface area contributed by atoms with Gasteiger partial charge in [-0.2, -0.15) is 0 Å². The number of fused-ring (bicyclic) bond motifs is 1. The van der Waals surface area contributed by atoms with Gasteiger partial charge in [0.15, 0.2) is 9.84 Å². The number of rotatable bonds is 0. The molecule has 0 saturated heterocycles. The third-order valence-electron chi connectivity index (χ3n) is 2.42. The van der Waals surface area contributed by atoms with Gasteiger partial charge in [-0.15, -0.1) is 0 Å². The van der Waals surface area contributed by atoms with E-state index in [4.69, 9.17) is 0 Å². The summed E-state index contributed by atoms with van der Waals surface area (Å²) in [6, 6.07) is 5.22. The van der Waals surface area contributed by atoms with Crippen molar-refractivity contribution < 1.29 is 8.42 Å². The summed E-state index contributed by atoms with van der Waals surface area (Å²) in [6.45, 7) is 2.63. The van der Waals surface area contributed by atoms with Gasteiger partial charge < -0.3 is 5.32 Å². The highest BCUT2D eigenvalue weighted by atomic mass is 79.9. The lowest BCUT2D eigenvalue weighted by molar-refractivity contribution is 0.582. The smallest absolute Gasteiger partial charge is 0.180 e. The Bertz CT molecular complexity index is 484. The fourth-order valence-corrected chi connectivity index (χ4v) is 3.87. The summed E-state index contributed by atoms with van der Waals surface area (Å²) in [5.74, 6) is 0.357. The van der Waals surface area contributed by atoms with E-state index in [1.807, 2.05) is 13.0 Å². The molecule has 0 fully saturated rings. The molecule has 0 radical (unpaired) electrons. The van der Waals surface area contributed by atoms with Crippen molar-refractivity contribution in [2.45, 2.75) is 11.8 Å². The Morgan fingerprint density at radius 2 is 2.20 bits per heavy atom. The van der Waals surface area contributed by atoms with Gasteiger partial charge in [-0.3, -0.25) is 0 Å². The molecule has 0 aromatic heterocycles. The molecule has 15 heavy (non-hydrogen) atoms. The van der Waals surface area contributed by atoms with E-state index in [-0.39, 0.29) is 11.7 Å². The first-order chi connectivity index (χ1) is 6.99. The molecule has 0 aliphatic carbocycles. The zero-order valence-corrected chi connectivity index (χ0v) is 10.7. The van der Waals surface area contributed by atoms with Crippen LogP contribution in [0.4, 0.5) is 5.69 Å². The van der Waals surface area contributed by atoms with Crippen LogP contribution < -0.4 is 5.32 Å². The number of nitrogens with one attached hydrogen (secondary N) is 1. The number of halogens is 1. The molecule has 1 unspecified atom stereocenters. The molecule has 2 rings (SSSR count). The van der Waals surface area contributed by atoms with E-state index in [1.165, 1.54) is 0 Å². The summed E-state index contributed by atoms with van der Waals surface area (Å²) in [5.41, 5.74) is 0.703. The Morgan fingerprint density at radius 1 is 1.47 bits per heavy atom. The molecule has 1 N–H and O–H groups in total. The maximum absolute atomic E-state index is 12.0. The summed E-state index contributed by atoms with van der Waals surface area (Å²) >= 11 is 3.33. The molecule has 1 aromatic carbocycles. The average Bonchev–Trinajstić information content (AvgIpc) is 2.23. The quantitative estimate of drug-likeness (QED) is 0.797. The van der Waals surface area contributed by atoms with Gasteiger partial charge in [-0.25, -0.2) is 8.42 Å². The lowest BCUT2D eigenvalue weighted by Crippen LogP contribution is -2.15. The lowest BCUT2D eigenvalue weighted by atomic mass is 10.2. The van der Waals surface area contributed by atoms with Crippen molar-refractivity contribution in [2.24, 2.45) is 5.92 Å². The van der Waals surface area contributed by atoms with Crippen molar-refractivity contribution >= 4 is 31.5 Å². The molecule has 1 aromatic rings. The second-order valence-electron chi connectivity index (χ2n) is 3.91. The second-order valence-corrected chi connectivity index (χ2v) is 6.83. The van der Waals surface area contributed by atoms with Crippen molar-refractivity contribution in [1.29, 1.82) is 0 Å². The Hall–Kier alpha value is -0.550. The number of hydrogen-bond acceptors (Lipinski definition) is 3. The molecule has 0 bridgehead atoms. The summed E-state index contributed by atoms with van der Waals surface area (Å²) in [6.07, 6.45) is 0. The molecule has 1 aliphatic heterocycles. The van der Waals surface area contributed by atoms with Crippen LogP contribution in [0.1, 0.15) is 6.92 Å². The van der Waals surface area contributed by atoms with Crippen molar-refractivity contribution in [3.8, 4) is 0 Å². The standard InChI is InChI=1S/C10H12BrNO2S/c1-7-5-12-9-4-8(11)2-3-10(9)15(13,14)6-7/h2-4,7,12H,5-6H2,1H3. The minimum Gasteiger partial charge on any atom is -0.384 e. The van der Waals surface area contributed by atoms with Crippen LogP contribution in [0.25, 0.3) is 0 Å². The molecule has 0 amide bonds. The van der Waals surface area contributed by atoms with Crippen molar-refractivity contribution in [3.05, 3.63) is 22.7 Å². The van der Waals surface area contributed by atoms with Crippen LogP contribution in [0.3, 0.4) is 0 Å². The molecule has 82 valence electrons. The van der Waals surface area contributed by atoms with Gasteiger partial charge in [-0.1, -0.05) is 22.9 Å². The van der Waals surface area contributed by atoms with E-state index in [0.717, 1.165) is 4.47 Å². The van der Waals surface area contributed by atoms with E-state index in [1.54, 1.807) is 12.1 Å². The van der Waals surface area contributed by atoms with Gasteiger partial charge >= 0.3 is 0 Å². The molecular formula is C10H12BrNO2S. The minimum atomic E-state index is -3.13. The number of anilines is 1. The molecule has 1 heterocycles. The predicted octanol–water partition coefficient (Wildman–Crippen LogP) is 2.28. The zero-order valence-electron chi connectivity index (χ0n) is 8.33. The van der Waals surface area contributed by atoms with Gasteiger partial charge in [-0.05, 0) is 24.1 Å². The second kappa shape index (κ2) is 3.79. The Balaban J connectivity index is 2.58. The van der Waals surface area contributed by atoms with Crippen LogP contribution in [0.2, 0.25) is 0 Å². The first-order valence-electron chi connectivity index (χ1n) is 4.75. The monoisotopic (exact) mass is 289 g/mol. The first-order valence-corrected chi connectivity index (χ1v) is 7.20. The Morgan fingerprint density at radius 3 is 2.93 bits per heavy atom. The molecule has 5 heteroatoms. The minimum absolute atomic E-state index is 0.140. The van der Waals surface area contributed by atoms with Crippen LogP contribution in [-0.4, -0.2) is 20.7 Å². The van der Waals surface area contributed by atoms with E-state index < -0.39 is 9.84 Å². The number of benzene rings is 1. The lowest BCUT2D eigenvalue weighted by Gasteiger charge is -2.07. The number of hydrogen-bond donors (Lipinski definition) is 1. The van der Waals surface area contributed by atoms with E-state index >= 15 is 0 Å². The molecule has 0 saturated carbocycles. The predicted molar refractivity (Wildman–Crippen MR) is 63.8 cm³/mol. The molecular weight excluding hydrogens is 278 g/mol. The third kappa shape index (κ3) is 2.18. The molecule has 1 aliphatic rings. The zero-order chi connectivity index (χ0) is 11.1. The Labute approximate surface area is 97.9 Å². The molecule has 3 nitrogen and oxygen atoms in total. The third-order valence-corrected chi connectivity index (χ3v) is 4.95. The van der Waals surface area contributed by atoms with Crippen LogP contribution in [0.5, 0.6) is 0 Å². The SMILES string of the molecule is CC1CNc2cc(Br)ccc2S(=O)(=O)C1. The van der Waals surface area contributed by atoms with E-state index in [0.29, 0.717) is 17.1 Å². The normalized spacial score (nSPS) is 23.7. The van der Waals surface area contributed by atoms with Crippen LogP contribution in [-0.2, 0) is 9.84 Å². The molecule has 1 atom stereocenters. The van der Waals surface area contributed by atoms with Gasteiger partial charge in [0.1, 0.15) is 0 Å². The fraction of sp³-hybridized carbons (Fsp3) is 0.400. The van der Waals surface area contributed by atoms with Gasteiger partial charge in [0.2, 0.25) is 0 Å². The van der Waals surface area contributed by atoms with E-state index in [9.17, 15) is 8.42 Å². The largest absolute Gasteiger partial charge is 0.384 e. The summed E-state index contributed by atoms with van der Waals surface area (Å²) in [4.78, 5) is 0.412. The molecule has 0 spiro atoms. The summed E-state index contributed by atoms with van der Waals surface area (Å²) in [5, 5.41) is 3.16. The highest BCUT2D eigenvalue weighted by Gasteiger charge is 2.25. The van der Waals surface area contributed by atoms with Crippen LogP contribution in [0.15, 0.2) is 27.6 Å². The van der Waals surface area contributed by atoms with Gasteiger partial charge in [0.05, 0.1) is 16.3 Å². The average molecular weight is 290 g/mol. The highest BCUT2D eigenvalue weighted by Crippen LogP contribution is 2.29. The van der Waals surface area contributed by atoms with Crippen molar-refractivity contribution in [3.63, 3.8) is 0 Å². The number of sulfone groups is 1. The maximum atomic E-state index is 12.0.